The van der Waals surface area contributed by atoms with Crippen LogP contribution in [0.1, 0.15) is 51.9 Å². The van der Waals surface area contributed by atoms with Crippen LogP contribution in [0.25, 0.3) is 11.4 Å². The maximum absolute atomic E-state index is 12.4. The van der Waals surface area contributed by atoms with Crippen molar-refractivity contribution in [1.82, 2.24) is 9.55 Å². The predicted octanol–water partition coefficient (Wildman–Crippen LogP) is 5.58. The maximum atomic E-state index is 12.4. The molecule has 30 heavy (non-hydrogen) atoms. The molecular formula is C26H34N2O2. The molecule has 1 aromatic carbocycles. The monoisotopic (exact) mass is 406 g/mol. The lowest BCUT2D eigenvalue weighted by molar-refractivity contribution is -0.146. The number of carbonyl (C=O) groups is 1. The highest BCUT2D eigenvalue weighted by atomic mass is 16.5. The number of nitrogens with zero attached hydrogens (tertiary/aromatic N) is 2. The van der Waals surface area contributed by atoms with E-state index in [0.29, 0.717) is 25.5 Å². The van der Waals surface area contributed by atoms with Gasteiger partial charge in [0.25, 0.3) is 0 Å². The predicted molar refractivity (Wildman–Crippen MR) is 118 cm³/mol. The quantitative estimate of drug-likeness (QED) is 0.588. The molecule has 0 radical (unpaired) electrons. The summed E-state index contributed by atoms with van der Waals surface area (Å²) in [5.74, 6) is 6.10. The Morgan fingerprint density at radius 3 is 2.70 bits per heavy atom. The van der Waals surface area contributed by atoms with Crippen LogP contribution in [0.5, 0.6) is 0 Å². The molecule has 6 unspecified atom stereocenters. The summed E-state index contributed by atoms with van der Waals surface area (Å²) in [6.45, 7) is 3.67. The van der Waals surface area contributed by atoms with Crippen LogP contribution in [-0.2, 0) is 16.1 Å². The van der Waals surface area contributed by atoms with Gasteiger partial charge in [0.15, 0.2) is 0 Å². The van der Waals surface area contributed by atoms with Gasteiger partial charge in [-0.1, -0.05) is 37.3 Å². The van der Waals surface area contributed by atoms with Crippen molar-refractivity contribution < 1.29 is 9.53 Å². The Kier molecular flexibility index (Phi) is 5.66. The Labute approximate surface area is 180 Å². The SMILES string of the molecule is CC1CC2CC(C1)C1CC(COC(=O)CCn3ccnc3-c3ccccc3)CCC21. The van der Waals surface area contributed by atoms with Gasteiger partial charge in [-0.25, -0.2) is 4.98 Å². The Hall–Kier alpha value is -2.10. The largest absolute Gasteiger partial charge is 0.465 e. The number of hydrogen-bond donors (Lipinski definition) is 0. The van der Waals surface area contributed by atoms with Crippen molar-refractivity contribution in [2.75, 3.05) is 6.61 Å². The molecule has 2 aromatic rings. The van der Waals surface area contributed by atoms with Crippen LogP contribution in [0.15, 0.2) is 42.7 Å². The molecule has 3 aliphatic carbocycles. The first-order valence-corrected chi connectivity index (χ1v) is 11.9. The number of carbonyl (C=O) groups excluding carboxylic acids is 1. The molecule has 0 aliphatic heterocycles. The van der Waals surface area contributed by atoms with E-state index in [1.165, 1.54) is 38.5 Å². The third-order valence-electron chi connectivity index (χ3n) is 8.07. The van der Waals surface area contributed by atoms with E-state index in [-0.39, 0.29) is 5.97 Å². The van der Waals surface area contributed by atoms with Gasteiger partial charge in [-0.3, -0.25) is 4.79 Å². The van der Waals surface area contributed by atoms with Crippen molar-refractivity contribution >= 4 is 5.97 Å². The highest BCUT2D eigenvalue weighted by Gasteiger charge is 2.48. The minimum absolute atomic E-state index is 0.0800. The number of hydrogen-bond acceptors (Lipinski definition) is 3. The molecule has 0 spiro atoms. The van der Waals surface area contributed by atoms with Gasteiger partial charge in [-0.2, -0.15) is 0 Å². The van der Waals surface area contributed by atoms with Gasteiger partial charge in [-0.15, -0.1) is 0 Å². The molecule has 3 fully saturated rings. The molecule has 4 nitrogen and oxygen atoms in total. The minimum Gasteiger partial charge on any atom is -0.465 e. The molecule has 2 bridgehead atoms. The lowest BCUT2D eigenvalue weighted by atomic mass is 9.72. The zero-order valence-corrected chi connectivity index (χ0v) is 18.1. The van der Waals surface area contributed by atoms with E-state index in [9.17, 15) is 4.79 Å². The van der Waals surface area contributed by atoms with Gasteiger partial charge >= 0.3 is 5.97 Å². The highest BCUT2D eigenvalue weighted by Crippen LogP contribution is 2.57. The lowest BCUT2D eigenvalue weighted by Gasteiger charge is -2.34. The second kappa shape index (κ2) is 8.56. The van der Waals surface area contributed by atoms with Crippen molar-refractivity contribution in [1.29, 1.82) is 0 Å². The zero-order chi connectivity index (χ0) is 20.5. The summed E-state index contributed by atoms with van der Waals surface area (Å²) in [7, 11) is 0. The molecule has 0 amide bonds. The number of fused-ring (bicyclic) bond motifs is 5. The number of benzene rings is 1. The van der Waals surface area contributed by atoms with Crippen LogP contribution in [0.4, 0.5) is 0 Å². The minimum atomic E-state index is -0.0800. The first kappa shape index (κ1) is 19.8. The van der Waals surface area contributed by atoms with E-state index >= 15 is 0 Å². The van der Waals surface area contributed by atoms with Crippen LogP contribution < -0.4 is 0 Å². The van der Waals surface area contributed by atoms with Gasteiger partial charge in [0.1, 0.15) is 5.82 Å². The molecule has 1 aromatic heterocycles. The van der Waals surface area contributed by atoms with E-state index in [1.54, 1.807) is 6.20 Å². The van der Waals surface area contributed by atoms with Crippen molar-refractivity contribution in [2.24, 2.45) is 35.5 Å². The summed E-state index contributed by atoms with van der Waals surface area (Å²) in [6, 6.07) is 10.1. The topological polar surface area (TPSA) is 44.1 Å². The van der Waals surface area contributed by atoms with E-state index in [1.807, 2.05) is 41.1 Å². The zero-order valence-electron chi connectivity index (χ0n) is 18.1. The van der Waals surface area contributed by atoms with E-state index in [4.69, 9.17) is 4.74 Å². The molecule has 5 rings (SSSR count). The van der Waals surface area contributed by atoms with Gasteiger partial charge in [0, 0.05) is 24.5 Å². The van der Waals surface area contributed by atoms with Crippen LogP contribution in [0.2, 0.25) is 0 Å². The number of aromatic nitrogens is 2. The fourth-order valence-corrected chi connectivity index (χ4v) is 6.84. The van der Waals surface area contributed by atoms with Gasteiger partial charge in [0.2, 0.25) is 0 Å². The second-order valence-corrected chi connectivity index (χ2v) is 10.1. The van der Waals surface area contributed by atoms with E-state index < -0.39 is 0 Å². The van der Waals surface area contributed by atoms with E-state index in [0.717, 1.165) is 41.0 Å². The Morgan fingerprint density at radius 2 is 1.87 bits per heavy atom. The van der Waals surface area contributed by atoms with Crippen molar-refractivity contribution in [3.05, 3.63) is 42.7 Å². The van der Waals surface area contributed by atoms with Gasteiger partial charge in [-0.05, 0) is 74.0 Å². The first-order valence-electron chi connectivity index (χ1n) is 11.9. The summed E-state index contributed by atoms with van der Waals surface area (Å²) in [4.78, 5) is 16.9. The smallest absolute Gasteiger partial charge is 0.307 e. The second-order valence-electron chi connectivity index (χ2n) is 10.1. The number of imidazole rings is 1. The van der Waals surface area contributed by atoms with Crippen LogP contribution in [-0.4, -0.2) is 22.1 Å². The molecule has 160 valence electrons. The van der Waals surface area contributed by atoms with E-state index in [2.05, 4.69) is 11.9 Å². The van der Waals surface area contributed by atoms with Gasteiger partial charge < -0.3 is 9.30 Å². The van der Waals surface area contributed by atoms with Gasteiger partial charge in [0.05, 0.1) is 13.0 Å². The molecule has 4 heteroatoms. The molecule has 3 saturated carbocycles. The molecule has 0 N–H and O–H groups in total. The number of rotatable bonds is 6. The Bertz CT molecular complexity index is 861. The number of esters is 1. The Balaban J connectivity index is 1.10. The highest BCUT2D eigenvalue weighted by molar-refractivity contribution is 5.69. The maximum Gasteiger partial charge on any atom is 0.307 e. The molecule has 3 aliphatic rings. The fraction of sp³-hybridized carbons (Fsp3) is 0.615. The van der Waals surface area contributed by atoms with Crippen molar-refractivity contribution in [3.8, 4) is 11.4 Å². The third kappa shape index (κ3) is 4.06. The molecule has 0 saturated heterocycles. The average Bonchev–Trinajstić information content (AvgIpc) is 3.34. The Morgan fingerprint density at radius 1 is 1.07 bits per heavy atom. The summed E-state index contributed by atoms with van der Waals surface area (Å²) >= 11 is 0. The van der Waals surface area contributed by atoms with Crippen molar-refractivity contribution in [2.45, 2.75) is 58.4 Å². The van der Waals surface area contributed by atoms with Crippen LogP contribution >= 0.6 is 0 Å². The molecular weight excluding hydrogens is 372 g/mol. The lowest BCUT2D eigenvalue weighted by Crippen LogP contribution is -2.28. The van der Waals surface area contributed by atoms with Crippen LogP contribution in [0.3, 0.4) is 0 Å². The summed E-state index contributed by atoms with van der Waals surface area (Å²) in [5, 5.41) is 0. The number of ether oxygens (including phenoxy) is 1. The third-order valence-corrected chi connectivity index (χ3v) is 8.07. The summed E-state index contributed by atoms with van der Waals surface area (Å²) in [6.07, 6.45) is 12.4. The fourth-order valence-electron chi connectivity index (χ4n) is 6.84. The summed E-state index contributed by atoms with van der Waals surface area (Å²) < 4.78 is 7.78. The molecule has 6 atom stereocenters. The average molecular weight is 407 g/mol. The van der Waals surface area contributed by atoms with Crippen LogP contribution in [0, 0.1) is 35.5 Å². The number of aryl methyl sites for hydroxylation is 1. The summed E-state index contributed by atoms with van der Waals surface area (Å²) in [5.41, 5.74) is 1.07. The normalized spacial score (nSPS) is 32.6. The first-order chi connectivity index (χ1) is 14.7. The molecule has 1 heterocycles. The van der Waals surface area contributed by atoms with Crippen molar-refractivity contribution in [3.63, 3.8) is 0 Å². The standard InChI is InChI=1S/C26H34N2O2/c1-18-13-21-16-22(14-18)24-15-19(7-8-23(21)24)17-30-25(29)9-11-28-12-10-27-26(28)20-5-3-2-4-6-20/h2-6,10,12,18-19,21-24H,7-9,11,13-17H2,1H3.